The number of piperidine rings is 1. The summed E-state index contributed by atoms with van der Waals surface area (Å²) in [5.74, 6) is 1.23. The maximum Gasteiger partial charge on any atom is 0.123 e. The Balaban J connectivity index is 1.51. The van der Waals surface area contributed by atoms with Gasteiger partial charge in [0.2, 0.25) is 0 Å². The summed E-state index contributed by atoms with van der Waals surface area (Å²) in [6.45, 7) is 8.87. The second kappa shape index (κ2) is 8.61. The van der Waals surface area contributed by atoms with Crippen LogP contribution in [-0.2, 0) is 19.5 Å². The monoisotopic (exact) mass is 343 g/mol. The molecule has 25 heavy (non-hydrogen) atoms. The van der Waals surface area contributed by atoms with Crippen molar-refractivity contribution in [1.29, 1.82) is 0 Å². The molecular weight excluding hydrogens is 313 g/mol. The lowest BCUT2D eigenvalue weighted by molar-refractivity contribution is 0.158. The third kappa shape index (κ3) is 5.40. The molecule has 1 atom stereocenters. The summed E-state index contributed by atoms with van der Waals surface area (Å²) in [5.41, 5.74) is 2.57. The molecule has 4 heteroatoms. The summed E-state index contributed by atoms with van der Waals surface area (Å²) >= 11 is 0. The third-order valence-electron chi connectivity index (χ3n) is 5.10. The van der Waals surface area contributed by atoms with E-state index in [1.807, 2.05) is 24.7 Å². The zero-order valence-corrected chi connectivity index (χ0v) is 15.5. The molecule has 1 fully saturated rings. The summed E-state index contributed by atoms with van der Waals surface area (Å²) < 4.78 is 15.3. The first-order valence-corrected chi connectivity index (χ1v) is 9.56. The second-order valence-electron chi connectivity index (χ2n) is 7.84. The van der Waals surface area contributed by atoms with E-state index in [0.717, 1.165) is 32.0 Å². The average molecular weight is 343 g/mol. The zero-order chi connectivity index (χ0) is 17.6. The number of rotatable bonds is 7. The molecule has 0 amide bonds. The van der Waals surface area contributed by atoms with Crippen LogP contribution in [-0.4, -0.2) is 27.5 Å². The van der Waals surface area contributed by atoms with Crippen LogP contribution >= 0.6 is 0 Å². The van der Waals surface area contributed by atoms with Crippen LogP contribution in [0.15, 0.2) is 36.8 Å². The molecule has 2 heterocycles. The first kappa shape index (κ1) is 18.1. The lowest BCUT2D eigenvalue weighted by Gasteiger charge is -2.33. The Labute approximate surface area is 150 Å². The van der Waals surface area contributed by atoms with Crippen LogP contribution in [0.2, 0.25) is 0 Å². The molecule has 0 aliphatic carbocycles. The van der Waals surface area contributed by atoms with Crippen LogP contribution in [0.25, 0.3) is 0 Å². The summed E-state index contributed by atoms with van der Waals surface area (Å²) in [5, 5.41) is 0. The molecule has 0 radical (unpaired) electrons. The number of hydrogen-bond donors (Lipinski definition) is 0. The SMILES string of the molecule is CC(C)Cn1cncc1CN1CCC[C@@H](CCc2ccc(F)cc2)C1. The highest BCUT2D eigenvalue weighted by Crippen LogP contribution is 2.23. The molecule has 1 saturated heterocycles. The third-order valence-corrected chi connectivity index (χ3v) is 5.10. The Morgan fingerprint density at radius 3 is 2.80 bits per heavy atom. The Morgan fingerprint density at radius 2 is 2.04 bits per heavy atom. The van der Waals surface area contributed by atoms with E-state index in [1.54, 1.807) is 12.1 Å². The van der Waals surface area contributed by atoms with Gasteiger partial charge in [0.1, 0.15) is 5.82 Å². The van der Waals surface area contributed by atoms with Crippen LogP contribution < -0.4 is 0 Å². The van der Waals surface area contributed by atoms with Crippen LogP contribution in [0.4, 0.5) is 4.39 Å². The maximum absolute atomic E-state index is 13.0. The normalized spacial score (nSPS) is 18.8. The van der Waals surface area contributed by atoms with Crippen molar-refractivity contribution in [1.82, 2.24) is 14.5 Å². The van der Waals surface area contributed by atoms with Gasteiger partial charge < -0.3 is 4.57 Å². The van der Waals surface area contributed by atoms with Gasteiger partial charge in [-0.25, -0.2) is 9.37 Å². The van der Waals surface area contributed by atoms with E-state index in [-0.39, 0.29) is 5.82 Å². The number of aromatic nitrogens is 2. The quantitative estimate of drug-likeness (QED) is 0.737. The predicted molar refractivity (Wildman–Crippen MR) is 99.8 cm³/mol. The number of benzene rings is 1. The Bertz CT molecular complexity index is 647. The lowest BCUT2D eigenvalue weighted by Crippen LogP contribution is -2.35. The number of halogens is 1. The van der Waals surface area contributed by atoms with Crippen LogP contribution in [0.1, 0.15) is 44.4 Å². The smallest absolute Gasteiger partial charge is 0.123 e. The molecule has 1 aliphatic rings. The molecule has 136 valence electrons. The van der Waals surface area contributed by atoms with Crippen molar-refractivity contribution < 1.29 is 4.39 Å². The Hall–Kier alpha value is -1.68. The van der Waals surface area contributed by atoms with E-state index in [1.165, 1.54) is 37.1 Å². The van der Waals surface area contributed by atoms with Gasteiger partial charge in [-0.05, 0) is 61.8 Å². The summed E-state index contributed by atoms with van der Waals surface area (Å²) in [7, 11) is 0. The molecule has 1 aromatic carbocycles. The number of nitrogens with zero attached hydrogens (tertiary/aromatic N) is 3. The first-order chi connectivity index (χ1) is 12.1. The standard InChI is InChI=1S/C21H30FN3/c1-17(2)13-25-16-23-12-21(25)15-24-11-3-4-19(14-24)6-5-18-7-9-20(22)10-8-18/h7-10,12,16-17,19H,3-6,11,13-15H2,1-2H3/t19-/m0/s1. The molecule has 0 N–H and O–H groups in total. The molecule has 3 rings (SSSR count). The van der Waals surface area contributed by atoms with Crippen molar-refractivity contribution in [2.24, 2.45) is 11.8 Å². The van der Waals surface area contributed by atoms with Crippen molar-refractivity contribution in [2.45, 2.75) is 52.6 Å². The fourth-order valence-corrected chi connectivity index (χ4v) is 3.82. The second-order valence-corrected chi connectivity index (χ2v) is 7.84. The van der Waals surface area contributed by atoms with Crippen LogP contribution in [0, 0.1) is 17.7 Å². The zero-order valence-electron chi connectivity index (χ0n) is 15.5. The summed E-state index contributed by atoms with van der Waals surface area (Å²) in [4.78, 5) is 6.92. The fourth-order valence-electron chi connectivity index (χ4n) is 3.82. The Morgan fingerprint density at radius 1 is 1.24 bits per heavy atom. The number of hydrogen-bond acceptors (Lipinski definition) is 2. The highest BCUT2D eigenvalue weighted by molar-refractivity contribution is 5.16. The van der Waals surface area contributed by atoms with E-state index in [2.05, 4.69) is 28.3 Å². The van der Waals surface area contributed by atoms with Gasteiger partial charge in [-0.1, -0.05) is 26.0 Å². The van der Waals surface area contributed by atoms with Gasteiger partial charge in [0.25, 0.3) is 0 Å². The van der Waals surface area contributed by atoms with Crippen molar-refractivity contribution in [2.75, 3.05) is 13.1 Å². The largest absolute Gasteiger partial charge is 0.333 e. The highest BCUT2D eigenvalue weighted by Gasteiger charge is 2.21. The summed E-state index contributed by atoms with van der Waals surface area (Å²) in [6, 6.07) is 6.97. The van der Waals surface area contributed by atoms with Crippen LogP contribution in [0.5, 0.6) is 0 Å². The van der Waals surface area contributed by atoms with E-state index in [4.69, 9.17) is 0 Å². The predicted octanol–water partition coefficient (Wildman–Crippen LogP) is 4.52. The van der Waals surface area contributed by atoms with Gasteiger partial charge in [-0.15, -0.1) is 0 Å². The molecule has 2 aromatic rings. The molecule has 1 aliphatic heterocycles. The molecule has 0 saturated carbocycles. The number of aryl methyl sites for hydroxylation is 1. The van der Waals surface area contributed by atoms with Gasteiger partial charge in [-0.2, -0.15) is 0 Å². The molecule has 0 bridgehead atoms. The molecule has 0 unspecified atom stereocenters. The van der Waals surface area contributed by atoms with E-state index in [9.17, 15) is 4.39 Å². The number of imidazole rings is 1. The molecule has 3 nitrogen and oxygen atoms in total. The molecule has 1 aromatic heterocycles. The van der Waals surface area contributed by atoms with Crippen molar-refractivity contribution in [3.05, 3.63) is 53.9 Å². The van der Waals surface area contributed by atoms with E-state index >= 15 is 0 Å². The van der Waals surface area contributed by atoms with E-state index in [0.29, 0.717) is 5.92 Å². The number of likely N-dealkylation sites (tertiary alicyclic amines) is 1. The van der Waals surface area contributed by atoms with Crippen molar-refractivity contribution in [3.8, 4) is 0 Å². The minimum absolute atomic E-state index is 0.148. The van der Waals surface area contributed by atoms with Gasteiger partial charge in [0.05, 0.1) is 12.0 Å². The minimum atomic E-state index is -0.148. The molecular formula is C21H30FN3. The first-order valence-electron chi connectivity index (χ1n) is 9.56. The van der Waals surface area contributed by atoms with Crippen molar-refractivity contribution in [3.63, 3.8) is 0 Å². The Kier molecular flexibility index (Phi) is 6.24. The van der Waals surface area contributed by atoms with Gasteiger partial charge in [0, 0.05) is 25.8 Å². The van der Waals surface area contributed by atoms with Crippen LogP contribution in [0.3, 0.4) is 0 Å². The maximum atomic E-state index is 13.0. The van der Waals surface area contributed by atoms with Gasteiger partial charge in [0.15, 0.2) is 0 Å². The highest BCUT2D eigenvalue weighted by atomic mass is 19.1. The average Bonchev–Trinajstić information content (AvgIpc) is 3.01. The molecule has 0 spiro atoms. The van der Waals surface area contributed by atoms with Gasteiger partial charge in [-0.3, -0.25) is 4.90 Å². The topological polar surface area (TPSA) is 21.1 Å². The minimum Gasteiger partial charge on any atom is -0.333 e. The summed E-state index contributed by atoms with van der Waals surface area (Å²) in [6.07, 6.45) is 8.79. The van der Waals surface area contributed by atoms with E-state index < -0.39 is 0 Å². The lowest BCUT2D eigenvalue weighted by atomic mass is 9.91. The fraction of sp³-hybridized carbons (Fsp3) is 0.571. The van der Waals surface area contributed by atoms with Crippen molar-refractivity contribution >= 4 is 0 Å². The van der Waals surface area contributed by atoms with Gasteiger partial charge >= 0.3 is 0 Å².